The molecule has 0 atom stereocenters. The van der Waals surface area contributed by atoms with Crippen LogP contribution in [0.4, 0.5) is 4.79 Å². The standard InChI is InChI=1S/C14H13ClN2O3/c1-2-19-14(18)17-16-9-10-7-8-13(20-10)11-5-3-4-6-12(11)15/h3-9H,2H2,1H3,(H,17,18)/b16-9-. The Morgan fingerprint density at radius 1 is 1.40 bits per heavy atom. The fourth-order valence-electron chi connectivity index (χ4n) is 1.54. The predicted octanol–water partition coefficient (Wildman–Crippen LogP) is 3.68. The summed E-state index contributed by atoms with van der Waals surface area (Å²) in [5.74, 6) is 1.13. The zero-order valence-corrected chi connectivity index (χ0v) is 11.6. The molecule has 2 aromatic rings. The van der Waals surface area contributed by atoms with Crippen LogP contribution in [0.15, 0.2) is 45.9 Å². The molecule has 2 rings (SSSR count). The number of benzene rings is 1. The normalized spacial score (nSPS) is 10.7. The molecule has 1 aromatic carbocycles. The van der Waals surface area contributed by atoms with E-state index in [2.05, 4.69) is 15.3 Å². The monoisotopic (exact) mass is 292 g/mol. The van der Waals surface area contributed by atoms with Crippen LogP contribution in [0.25, 0.3) is 11.3 Å². The number of carbonyl (C=O) groups is 1. The molecule has 0 bridgehead atoms. The number of halogens is 1. The van der Waals surface area contributed by atoms with Crippen LogP contribution in [0.1, 0.15) is 12.7 Å². The van der Waals surface area contributed by atoms with Crippen molar-refractivity contribution in [3.05, 3.63) is 47.2 Å². The van der Waals surface area contributed by atoms with Crippen LogP contribution in [-0.4, -0.2) is 18.9 Å². The van der Waals surface area contributed by atoms with Crippen molar-refractivity contribution in [1.82, 2.24) is 5.43 Å². The average molecular weight is 293 g/mol. The Morgan fingerprint density at radius 2 is 2.20 bits per heavy atom. The molecule has 0 unspecified atom stereocenters. The van der Waals surface area contributed by atoms with Crippen molar-refractivity contribution in [3.8, 4) is 11.3 Å². The summed E-state index contributed by atoms with van der Waals surface area (Å²) in [5.41, 5.74) is 3.01. The van der Waals surface area contributed by atoms with E-state index < -0.39 is 6.09 Å². The van der Waals surface area contributed by atoms with Crippen LogP contribution in [0.2, 0.25) is 5.02 Å². The van der Waals surface area contributed by atoms with Crippen LogP contribution in [0, 0.1) is 0 Å². The second-order valence-electron chi connectivity index (χ2n) is 3.77. The van der Waals surface area contributed by atoms with Crippen molar-refractivity contribution in [1.29, 1.82) is 0 Å². The molecule has 1 aromatic heterocycles. The lowest BCUT2D eigenvalue weighted by atomic mass is 10.2. The summed E-state index contributed by atoms with van der Waals surface area (Å²) in [6.45, 7) is 2.00. The van der Waals surface area contributed by atoms with Gasteiger partial charge < -0.3 is 9.15 Å². The molecule has 104 valence electrons. The fraction of sp³-hybridized carbons (Fsp3) is 0.143. The number of nitrogens with zero attached hydrogens (tertiary/aromatic N) is 1. The van der Waals surface area contributed by atoms with Gasteiger partial charge in [0.25, 0.3) is 0 Å². The molecule has 0 aliphatic rings. The first-order chi connectivity index (χ1) is 9.70. The van der Waals surface area contributed by atoms with Gasteiger partial charge in [-0.25, -0.2) is 10.2 Å². The van der Waals surface area contributed by atoms with Gasteiger partial charge in [0.05, 0.1) is 17.8 Å². The van der Waals surface area contributed by atoms with Crippen molar-refractivity contribution in [3.63, 3.8) is 0 Å². The summed E-state index contributed by atoms with van der Waals surface area (Å²) in [6.07, 6.45) is 0.777. The van der Waals surface area contributed by atoms with Crippen LogP contribution >= 0.6 is 11.6 Å². The largest absolute Gasteiger partial charge is 0.455 e. The van der Waals surface area contributed by atoms with Gasteiger partial charge in [-0.1, -0.05) is 23.7 Å². The minimum absolute atomic E-state index is 0.290. The molecule has 6 heteroatoms. The van der Waals surface area contributed by atoms with E-state index >= 15 is 0 Å². The quantitative estimate of drug-likeness (QED) is 0.690. The number of carbonyl (C=O) groups excluding carboxylic acids is 1. The Balaban J connectivity index is 2.05. The van der Waals surface area contributed by atoms with Crippen LogP contribution in [0.3, 0.4) is 0 Å². The SMILES string of the molecule is CCOC(=O)N/N=C\c1ccc(-c2ccccc2Cl)o1. The maximum Gasteiger partial charge on any atom is 0.427 e. The number of hydrogen-bond donors (Lipinski definition) is 1. The highest BCUT2D eigenvalue weighted by atomic mass is 35.5. The lowest BCUT2D eigenvalue weighted by Crippen LogP contribution is -2.18. The lowest BCUT2D eigenvalue weighted by molar-refractivity contribution is 0.152. The molecular formula is C14H13ClN2O3. The predicted molar refractivity (Wildman–Crippen MR) is 76.9 cm³/mol. The highest BCUT2D eigenvalue weighted by Crippen LogP contribution is 2.28. The highest BCUT2D eigenvalue weighted by Gasteiger charge is 2.07. The summed E-state index contributed by atoms with van der Waals surface area (Å²) in [5, 5.41) is 4.32. The zero-order chi connectivity index (χ0) is 14.4. The third-order valence-corrected chi connectivity index (χ3v) is 2.72. The van der Waals surface area contributed by atoms with Gasteiger partial charge in [0.15, 0.2) is 0 Å². The topological polar surface area (TPSA) is 63.8 Å². The van der Waals surface area contributed by atoms with E-state index in [1.807, 2.05) is 18.2 Å². The Kier molecular flexibility index (Phi) is 4.79. The molecule has 20 heavy (non-hydrogen) atoms. The molecule has 0 aliphatic carbocycles. The van der Waals surface area contributed by atoms with Gasteiger partial charge in [-0.2, -0.15) is 5.10 Å². The first kappa shape index (κ1) is 14.1. The van der Waals surface area contributed by atoms with E-state index in [9.17, 15) is 4.79 Å². The van der Waals surface area contributed by atoms with Gasteiger partial charge in [0.1, 0.15) is 11.5 Å². The van der Waals surface area contributed by atoms with Gasteiger partial charge in [-0.15, -0.1) is 0 Å². The van der Waals surface area contributed by atoms with E-state index in [0.717, 1.165) is 5.56 Å². The maximum absolute atomic E-state index is 11.0. The second-order valence-corrected chi connectivity index (χ2v) is 4.18. The van der Waals surface area contributed by atoms with E-state index in [4.69, 9.17) is 16.0 Å². The van der Waals surface area contributed by atoms with Crippen LogP contribution in [0.5, 0.6) is 0 Å². The average Bonchev–Trinajstić information content (AvgIpc) is 2.88. The number of nitrogens with one attached hydrogen (secondary N) is 1. The van der Waals surface area contributed by atoms with E-state index in [-0.39, 0.29) is 0 Å². The van der Waals surface area contributed by atoms with Gasteiger partial charge >= 0.3 is 6.09 Å². The smallest absolute Gasteiger partial charge is 0.427 e. The third-order valence-electron chi connectivity index (χ3n) is 2.39. The molecule has 0 saturated heterocycles. The summed E-state index contributed by atoms with van der Waals surface area (Å²) in [6, 6.07) is 10.9. The summed E-state index contributed by atoms with van der Waals surface area (Å²) in [4.78, 5) is 11.0. The second kappa shape index (κ2) is 6.77. The Hall–Kier alpha value is -2.27. The molecule has 0 radical (unpaired) electrons. The number of furan rings is 1. The van der Waals surface area contributed by atoms with Gasteiger partial charge in [0.2, 0.25) is 0 Å². The highest BCUT2D eigenvalue weighted by molar-refractivity contribution is 6.33. The summed E-state index contributed by atoms with van der Waals surface area (Å²) < 4.78 is 10.2. The fourth-order valence-corrected chi connectivity index (χ4v) is 1.77. The molecular weight excluding hydrogens is 280 g/mol. The Bertz CT molecular complexity index is 622. The van der Waals surface area contributed by atoms with Gasteiger partial charge in [0, 0.05) is 5.56 Å². The van der Waals surface area contributed by atoms with E-state index in [1.54, 1.807) is 25.1 Å². The molecule has 0 fully saturated rings. The molecule has 1 heterocycles. The van der Waals surface area contributed by atoms with Gasteiger partial charge in [-0.3, -0.25) is 0 Å². The number of ether oxygens (including phenoxy) is 1. The van der Waals surface area contributed by atoms with Crippen molar-refractivity contribution >= 4 is 23.9 Å². The third kappa shape index (κ3) is 3.61. The van der Waals surface area contributed by atoms with Crippen LogP contribution < -0.4 is 5.43 Å². The van der Waals surface area contributed by atoms with Crippen molar-refractivity contribution in [2.75, 3.05) is 6.61 Å². The molecule has 0 spiro atoms. The number of hydrogen-bond acceptors (Lipinski definition) is 4. The molecule has 0 aliphatic heterocycles. The molecule has 1 N–H and O–H groups in total. The molecule has 1 amide bonds. The first-order valence-corrected chi connectivity index (χ1v) is 6.39. The first-order valence-electron chi connectivity index (χ1n) is 6.01. The minimum Gasteiger partial charge on any atom is -0.455 e. The van der Waals surface area contributed by atoms with E-state index in [1.165, 1.54) is 6.21 Å². The molecule has 0 saturated carbocycles. The lowest BCUT2D eigenvalue weighted by Gasteiger charge is -1.99. The number of rotatable bonds is 4. The minimum atomic E-state index is -0.610. The Morgan fingerprint density at radius 3 is 2.95 bits per heavy atom. The van der Waals surface area contributed by atoms with Gasteiger partial charge in [-0.05, 0) is 31.2 Å². The summed E-state index contributed by atoms with van der Waals surface area (Å²) >= 11 is 6.08. The van der Waals surface area contributed by atoms with E-state index in [0.29, 0.717) is 23.2 Å². The van der Waals surface area contributed by atoms with Crippen molar-refractivity contribution in [2.45, 2.75) is 6.92 Å². The molecule has 5 nitrogen and oxygen atoms in total. The number of hydrazone groups is 1. The van der Waals surface area contributed by atoms with Crippen LogP contribution in [-0.2, 0) is 4.74 Å². The maximum atomic E-state index is 11.0. The summed E-state index contributed by atoms with van der Waals surface area (Å²) in [7, 11) is 0. The van der Waals surface area contributed by atoms with Crippen molar-refractivity contribution in [2.24, 2.45) is 5.10 Å². The number of amides is 1. The van der Waals surface area contributed by atoms with Crippen molar-refractivity contribution < 1.29 is 13.9 Å². The zero-order valence-electron chi connectivity index (χ0n) is 10.8. The Labute approximate surface area is 121 Å².